The maximum atomic E-state index is 11.9. The SMILES string of the molecule is CCNC(=NCc1cccc(CN2CCCC2=O)c1)NC1CCN(Cc2ccccc2)CC1.I. The number of nitrogens with zero attached hydrogens (tertiary/aromatic N) is 3. The lowest BCUT2D eigenvalue weighted by Crippen LogP contribution is -2.48. The van der Waals surface area contributed by atoms with Crippen LogP contribution in [0.25, 0.3) is 0 Å². The van der Waals surface area contributed by atoms with Crippen LogP contribution in [0.5, 0.6) is 0 Å². The molecule has 2 aliphatic heterocycles. The van der Waals surface area contributed by atoms with Crippen molar-refractivity contribution in [2.24, 2.45) is 4.99 Å². The Morgan fingerprint density at radius 3 is 2.41 bits per heavy atom. The molecule has 34 heavy (non-hydrogen) atoms. The molecule has 0 aliphatic carbocycles. The first kappa shape index (κ1) is 26.5. The quantitative estimate of drug-likeness (QED) is 0.282. The highest BCUT2D eigenvalue weighted by Crippen LogP contribution is 2.16. The molecule has 2 fully saturated rings. The number of carbonyl (C=O) groups excluding carboxylic acids is 1. The molecule has 4 rings (SSSR count). The van der Waals surface area contributed by atoms with Gasteiger partial charge in [0, 0.05) is 51.7 Å². The summed E-state index contributed by atoms with van der Waals surface area (Å²) in [5.41, 5.74) is 3.74. The van der Waals surface area contributed by atoms with Crippen LogP contribution in [-0.4, -0.2) is 53.9 Å². The lowest BCUT2D eigenvalue weighted by atomic mass is 10.0. The van der Waals surface area contributed by atoms with E-state index in [1.807, 2.05) is 4.90 Å². The molecule has 2 aromatic carbocycles. The number of hydrogen-bond donors (Lipinski definition) is 2. The summed E-state index contributed by atoms with van der Waals surface area (Å²) in [6.07, 6.45) is 3.91. The van der Waals surface area contributed by atoms with E-state index in [1.165, 1.54) is 16.7 Å². The molecule has 0 bridgehead atoms. The number of piperidine rings is 1. The highest BCUT2D eigenvalue weighted by atomic mass is 127. The molecular weight excluding hydrogens is 537 g/mol. The van der Waals surface area contributed by atoms with Gasteiger partial charge in [0.25, 0.3) is 0 Å². The van der Waals surface area contributed by atoms with Gasteiger partial charge in [0.15, 0.2) is 5.96 Å². The molecule has 1 amide bonds. The van der Waals surface area contributed by atoms with E-state index in [9.17, 15) is 4.79 Å². The average Bonchev–Trinajstić information content (AvgIpc) is 3.24. The Kier molecular flexibility index (Phi) is 10.7. The van der Waals surface area contributed by atoms with E-state index in [4.69, 9.17) is 4.99 Å². The first-order valence-electron chi connectivity index (χ1n) is 12.4. The second-order valence-electron chi connectivity index (χ2n) is 9.11. The van der Waals surface area contributed by atoms with E-state index >= 15 is 0 Å². The smallest absolute Gasteiger partial charge is 0.222 e. The fraction of sp³-hybridized carbons (Fsp3) is 0.481. The van der Waals surface area contributed by atoms with E-state index in [0.717, 1.165) is 57.9 Å². The lowest BCUT2D eigenvalue weighted by Gasteiger charge is -2.33. The van der Waals surface area contributed by atoms with Crippen LogP contribution >= 0.6 is 24.0 Å². The number of aliphatic imine (C=N–C) groups is 1. The van der Waals surface area contributed by atoms with E-state index < -0.39 is 0 Å². The fourth-order valence-corrected chi connectivity index (χ4v) is 4.68. The second-order valence-corrected chi connectivity index (χ2v) is 9.11. The summed E-state index contributed by atoms with van der Waals surface area (Å²) in [4.78, 5) is 21.3. The fourth-order valence-electron chi connectivity index (χ4n) is 4.68. The molecule has 2 heterocycles. The summed E-state index contributed by atoms with van der Waals surface area (Å²) in [6.45, 7) is 8.39. The molecule has 6 nitrogen and oxygen atoms in total. The van der Waals surface area contributed by atoms with E-state index in [1.54, 1.807) is 0 Å². The Bertz CT molecular complexity index is 928. The monoisotopic (exact) mass is 575 g/mol. The maximum absolute atomic E-state index is 11.9. The van der Waals surface area contributed by atoms with E-state index in [-0.39, 0.29) is 29.9 Å². The zero-order valence-corrected chi connectivity index (χ0v) is 22.5. The number of carbonyl (C=O) groups is 1. The summed E-state index contributed by atoms with van der Waals surface area (Å²) in [7, 11) is 0. The Morgan fingerprint density at radius 2 is 1.71 bits per heavy atom. The van der Waals surface area contributed by atoms with Crippen molar-refractivity contribution in [3.8, 4) is 0 Å². The first-order valence-corrected chi connectivity index (χ1v) is 12.4. The van der Waals surface area contributed by atoms with Crippen molar-refractivity contribution in [1.29, 1.82) is 0 Å². The Labute approximate surface area is 221 Å². The zero-order valence-electron chi connectivity index (χ0n) is 20.2. The largest absolute Gasteiger partial charge is 0.357 e. The van der Waals surface area contributed by atoms with Crippen LogP contribution in [0.4, 0.5) is 0 Å². The minimum Gasteiger partial charge on any atom is -0.357 e. The Morgan fingerprint density at radius 1 is 0.971 bits per heavy atom. The molecule has 0 aromatic heterocycles. The van der Waals surface area contributed by atoms with Crippen LogP contribution in [-0.2, 0) is 24.4 Å². The second kappa shape index (κ2) is 13.7. The summed E-state index contributed by atoms with van der Waals surface area (Å²) in [5.74, 6) is 1.16. The predicted octanol–water partition coefficient (Wildman–Crippen LogP) is 4.15. The third-order valence-electron chi connectivity index (χ3n) is 6.48. The molecule has 0 unspecified atom stereocenters. The minimum atomic E-state index is 0. The number of rotatable bonds is 8. The third-order valence-corrected chi connectivity index (χ3v) is 6.48. The maximum Gasteiger partial charge on any atom is 0.222 e. The van der Waals surface area contributed by atoms with Crippen LogP contribution < -0.4 is 10.6 Å². The van der Waals surface area contributed by atoms with Crippen LogP contribution in [0, 0.1) is 0 Å². The Balaban J connectivity index is 0.00000324. The highest BCUT2D eigenvalue weighted by molar-refractivity contribution is 14.0. The van der Waals surface area contributed by atoms with Gasteiger partial charge in [-0.3, -0.25) is 9.69 Å². The van der Waals surface area contributed by atoms with Gasteiger partial charge in [0.2, 0.25) is 5.91 Å². The van der Waals surface area contributed by atoms with Gasteiger partial charge in [0.1, 0.15) is 0 Å². The van der Waals surface area contributed by atoms with Crippen LogP contribution in [0.1, 0.15) is 49.3 Å². The Hall–Kier alpha value is -2.13. The minimum absolute atomic E-state index is 0. The van der Waals surface area contributed by atoms with Crippen molar-refractivity contribution in [3.63, 3.8) is 0 Å². The number of likely N-dealkylation sites (tertiary alicyclic amines) is 2. The molecule has 2 aromatic rings. The number of guanidine groups is 1. The van der Waals surface area contributed by atoms with Crippen LogP contribution in [0.3, 0.4) is 0 Å². The number of halogens is 1. The van der Waals surface area contributed by atoms with Crippen LogP contribution in [0.15, 0.2) is 59.6 Å². The number of benzene rings is 2. The average molecular weight is 576 g/mol. The van der Waals surface area contributed by atoms with Crippen molar-refractivity contribution in [3.05, 3.63) is 71.3 Å². The number of nitrogens with one attached hydrogen (secondary N) is 2. The van der Waals surface area contributed by atoms with Crippen molar-refractivity contribution in [2.75, 3.05) is 26.2 Å². The van der Waals surface area contributed by atoms with Crippen molar-refractivity contribution in [1.82, 2.24) is 20.4 Å². The molecule has 0 spiro atoms. The van der Waals surface area contributed by atoms with E-state index in [0.29, 0.717) is 25.6 Å². The van der Waals surface area contributed by atoms with Crippen molar-refractivity contribution >= 4 is 35.8 Å². The normalized spacial score (nSPS) is 17.5. The zero-order chi connectivity index (χ0) is 22.9. The molecular formula is C27H38IN5O. The molecule has 0 radical (unpaired) electrons. The molecule has 184 valence electrons. The topological polar surface area (TPSA) is 60.0 Å². The van der Waals surface area contributed by atoms with Gasteiger partial charge in [0.05, 0.1) is 6.54 Å². The van der Waals surface area contributed by atoms with Crippen LogP contribution in [0.2, 0.25) is 0 Å². The van der Waals surface area contributed by atoms with Crippen molar-refractivity contribution < 1.29 is 4.79 Å². The van der Waals surface area contributed by atoms with E-state index in [2.05, 4.69) is 77.1 Å². The summed E-state index contributed by atoms with van der Waals surface area (Å²) >= 11 is 0. The van der Waals surface area contributed by atoms with Gasteiger partial charge in [-0.15, -0.1) is 24.0 Å². The van der Waals surface area contributed by atoms with Gasteiger partial charge in [-0.05, 0) is 42.9 Å². The lowest BCUT2D eigenvalue weighted by molar-refractivity contribution is -0.128. The summed E-state index contributed by atoms with van der Waals surface area (Å²) in [5, 5.41) is 7.05. The van der Waals surface area contributed by atoms with Crippen molar-refractivity contribution in [2.45, 2.75) is 58.3 Å². The van der Waals surface area contributed by atoms with Gasteiger partial charge in [-0.2, -0.15) is 0 Å². The molecule has 2 saturated heterocycles. The highest BCUT2D eigenvalue weighted by Gasteiger charge is 2.21. The number of hydrogen-bond acceptors (Lipinski definition) is 3. The predicted molar refractivity (Wildman–Crippen MR) is 149 cm³/mol. The standard InChI is InChI=1S/C27H37N5O.HI/c1-2-28-27(30-25-13-16-31(17-14-25)20-22-8-4-3-5-9-22)29-19-23-10-6-11-24(18-23)21-32-15-7-12-26(32)33;/h3-6,8-11,18,25H,2,7,12-17,19-21H2,1H3,(H2,28,29,30);1H. The third kappa shape index (κ3) is 7.98. The number of amides is 1. The molecule has 0 saturated carbocycles. The van der Waals surface area contributed by atoms with Gasteiger partial charge in [-0.1, -0.05) is 54.6 Å². The molecule has 0 atom stereocenters. The first-order chi connectivity index (χ1) is 16.2. The van der Waals surface area contributed by atoms with Gasteiger partial charge >= 0.3 is 0 Å². The molecule has 7 heteroatoms. The van der Waals surface area contributed by atoms with Gasteiger partial charge in [-0.25, -0.2) is 4.99 Å². The molecule has 2 N–H and O–H groups in total. The summed E-state index contributed by atoms with van der Waals surface area (Å²) in [6, 6.07) is 19.6. The van der Waals surface area contributed by atoms with Gasteiger partial charge < -0.3 is 15.5 Å². The molecule has 2 aliphatic rings. The summed E-state index contributed by atoms with van der Waals surface area (Å²) < 4.78 is 0.